The van der Waals surface area contributed by atoms with E-state index in [0.717, 1.165) is 0 Å². The van der Waals surface area contributed by atoms with Crippen molar-refractivity contribution in [3.63, 3.8) is 0 Å². The van der Waals surface area contributed by atoms with Crippen LogP contribution in [-0.4, -0.2) is 50.0 Å². The topological polar surface area (TPSA) is 84.9 Å². The van der Waals surface area contributed by atoms with Gasteiger partial charge in [0.15, 0.2) is 0 Å². The van der Waals surface area contributed by atoms with Crippen LogP contribution in [0.1, 0.15) is 6.92 Å². The second-order valence-electron chi connectivity index (χ2n) is 2.81. The maximum absolute atomic E-state index is 11.0. The maximum atomic E-state index is 11.0. The highest BCUT2D eigenvalue weighted by Gasteiger charge is 2.07. The third-order valence-electron chi connectivity index (χ3n) is 1.28. The van der Waals surface area contributed by atoms with Crippen LogP contribution in [0.25, 0.3) is 0 Å². The second-order valence-corrected chi connectivity index (χ2v) is 2.81. The SMILES string of the molecule is COCC(C)NC(=O)COCC(=O)O. The molecule has 0 aliphatic rings. The average Bonchev–Trinajstić information content (AvgIpc) is 2.03. The quantitative estimate of drug-likeness (QED) is 0.570. The molecule has 1 atom stereocenters. The number of carbonyl (C=O) groups is 2. The summed E-state index contributed by atoms with van der Waals surface area (Å²) in [4.78, 5) is 21.1. The van der Waals surface area contributed by atoms with E-state index in [0.29, 0.717) is 6.61 Å². The summed E-state index contributed by atoms with van der Waals surface area (Å²) in [5.74, 6) is -1.45. The lowest BCUT2D eigenvalue weighted by Gasteiger charge is -2.12. The van der Waals surface area contributed by atoms with Gasteiger partial charge >= 0.3 is 5.97 Å². The van der Waals surface area contributed by atoms with Crippen molar-refractivity contribution >= 4 is 11.9 Å². The molecule has 0 saturated heterocycles. The van der Waals surface area contributed by atoms with Gasteiger partial charge in [0, 0.05) is 13.2 Å². The van der Waals surface area contributed by atoms with Crippen LogP contribution in [0.5, 0.6) is 0 Å². The van der Waals surface area contributed by atoms with Gasteiger partial charge in [0.05, 0.1) is 6.61 Å². The van der Waals surface area contributed by atoms with Gasteiger partial charge in [0.2, 0.25) is 5.91 Å². The Morgan fingerprint density at radius 1 is 1.43 bits per heavy atom. The zero-order valence-corrected chi connectivity index (χ0v) is 8.28. The van der Waals surface area contributed by atoms with Crippen LogP contribution in [0.2, 0.25) is 0 Å². The highest BCUT2D eigenvalue weighted by atomic mass is 16.5. The smallest absolute Gasteiger partial charge is 0.329 e. The second kappa shape index (κ2) is 7.28. The number of aliphatic carboxylic acids is 1. The maximum Gasteiger partial charge on any atom is 0.329 e. The van der Waals surface area contributed by atoms with Gasteiger partial charge in [0.1, 0.15) is 13.2 Å². The standard InChI is InChI=1S/C8H15NO5/c1-6(3-13-2)9-7(10)4-14-5-8(11)12/h6H,3-5H2,1-2H3,(H,9,10)(H,11,12). The molecule has 0 saturated carbocycles. The van der Waals surface area contributed by atoms with Gasteiger partial charge in [-0.25, -0.2) is 4.79 Å². The molecule has 6 heteroatoms. The van der Waals surface area contributed by atoms with E-state index in [1.165, 1.54) is 7.11 Å². The van der Waals surface area contributed by atoms with Gasteiger partial charge < -0.3 is 19.9 Å². The third-order valence-corrected chi connectivity index (χ3v) is 1.28. The molecule has 0 fully saturated rings. The number of ether oxygens (including phenoxy) is 2. The first-order chi connectivity index (χ1) is 6.56. The van der Waals surface area contributed by atoms with Crippen molar-refractivity contribution in [2.24, 2.45) is 0 Å². The molecule has 0 aliphatic heterocycles. The molecule has 0 heterocycles. The van der Waals surface area contributed by atoms with E-state index in [9.17, 15) is 9.59 Å². The number of methoxy groups -OCH3 is 1. The molecule has 14 heavy (non-hydrogen) atoms. The van der Waals surface area contributed by atoms with E-state index in [1.807, 2.05) is 0 Å². The van der Waals surface area contributed by atoms with Crippen molar-refractivity contribution in [2.45, 2.75) is 13.0 Å². The minimum absolute atomic E-state index is 0.110. The summed E-state index contributed by atoms with van der Waals surface area (Å²) >= 11 is 0. The molecular formula is C8H15NO5. The Balaban J connectivity index is 3.50. The molecule has 0 bridgehead atoms. The third kappa shape index (κ3) is 7.51. The fourth-order valence-corrected chi connectivity index (χ4v) is 0.839. The number of amides is 1. The first-order valence-electron chi connectivity index (χ1n) is 4.14. The molecule has 0 rings (SSSR count). The number of hydrogen-bond donors (Lipinski definition) is 2. The first kappa shape index (κ1) is 12.9. The first-order valence-corrected chi connectivity index (χ1v) is 4.14. The molecule has 0 aromatic heterocycles. The van der Waals surface area contributed by atoms with Crippen molar-refractivity contribution in [3.05, 3.63) is 0 Å². The van der Waals surface area contributed by atoms with E-state index < -0.39 is 12.6 Å². The normalized spacial score (nSPS) is 12.1. The Bertz CT molecular complexity index is 194. The van der Waals surface area contributed by atoms with Gasteiger partial charge in [0.25, 0.3) is 0 Å². The lowest BCUT2D eigenvalue weighted by molar-refractivity contribution is -0.143. The molecular weight excluding hydrogens is 190 g/mol. The van der Waals surface area contributed by atoms with Crippen LogP contribution in [0.4, 0.5) is 0 Å². The number of carboxylic acid groups (broad SMARTS) is 1. The fourth-order valence-electron chi connectivity index (χ4n) is 0.839. The highest BCUT2D eigenvalue weighted by Crippen LogP contribution is 1.83. The van der Waals surface area contributed by atoms with Crippen molar-refractivity contribution in [1.29, 1.82) is 0 Å². The van der Waals surface area contributed by atoms with Crippen LogP contribution in [0, 0.1) is 0 Å². The number of carbonyl (C=O) groups excluding carboxylic acids is 1. The molecule has 0 aromatic rings. The van der Waals surface area contributed by atoms with Gasteiger partial charge in [-0.2, -0.15) is 0 Å². The van der Waals surface area contributed by atoms with Crippen LogP contribution in [-0.2, 0) is 19.1 Å². The Kier molecular flexibility index (Phi) is 6.69. The fraction of sp³-hybridized carbons (Fsp3) is 0.750. The molecule has 0 spiro atoms. The van der Waals surface area contributed by atoms with E-state index >= 15 is 0 Å². The van der Waals surface area contributed by atoms with E-state index in [1.54, 1.807) is 6.92 Å². The van der Waals surface area contributed by atoms with E-state index in [4.69, 9.17) is 9.84 Å². The largest absolute Gasteiger partial charge is 0.480 e. The van der Waals surface area contributed by atoms with Crippen molar-refractivity contribution in [3.8, 4) is 0 Å². The van der Waals surface area contributed by atoms with E-state index in [2.05, 4.69) is 10.1 Å². The highest BCUT2D eigenvalue weighted by molar-refractivity contribution is 5.78. The van der Waals surface area contributed by atoms with Gasteiger partial charge in [-0.1, -0.05) is 0 Å². The van der Waals surface area contributed by atoms with Crippen molar-refractivity contribution < 1.29 is 24.2 Å². The molecule has 6 nitrogen and oxygen atoms in total. The Labute approximate surface area is 82.2 Å². The Morgan fingerprint density at radius 3 is 2.57 bits per heavy atom. The summed E-state index contributed by atoms with van der Waals surface area (Å²) in [6.07, 6.45) is 0. The lowest BCUT2D eigenvalue weighted by atomic mass is 10.3. The predicted octanol–water partition coefficient (Wildman–Crippen LogP) is -0.761. The van der Waals surface area contributed by atoms with E-state index in [-0.39, 0.29) is 18.6 Å². The number of rotatable bonds is 7. The summed E-state index contributed by atoms with van der Waals surface area (Å²) in [7, 11) is 1.53. The summed E-state index contributed by atoms with van der Waals surface area (Å²) in [5, 5.41) is 10.8. The van der Waals surface area contributed by atoms with Crippen molar-refractivity contribution in [1.82, 2.24) is 5.32 Å². The summed E-state index contributed by atoms with van der Waals surface area (Å²) in [5.41, 5.74) is 0. The van der Waals surface area contributed by atoms with Gasteiger partial charge in [-0.15, -0.1) is 0 Å². The molecule has 0 radical (unpaired) electrons. The lowest BCUT2D eigenvalue weighted by Crippen LogP contribution is -2.38. The monoisotopic (exact) mass is 205 g/mol. The summed E-state index contributed by atoms with van der Waals surface area (Å²) < 4.78 is 9.38. The Morgan fingerprint density at radius 2 is 2.07 bits per heavy atom. The molecule has 2 N–H and O–H groups in total. The van der Waals surface area contributed by atoms with Crippen LogP contribution in [0.3, 0.4) is 0 Å². The zero-order chi connectivity index (χ0) is 11.0. The van der Waals surface area contributed by atoms with Gasteiger partial charge in [-0.05, 0) is 6.92 Å². The van der Waals surface area contributed by atoms with Crippen molar-refractivity contribution in [2.75, 3.05) is 26.9 Å². The van der Waals surface area contributed by atoms with Gasteiger partial charge in [-0.3, -0.25) is 4.79 Å². The van der Waals surface area contributed by atoms with Crippen LogP contribution >= 0.6 is 0 Å². The molecule has 82 valence electrons. The summed E-state index contributed by atoms with van der Waals surface area (Å²) in [6, 6.07) is -0.110. The summed E-state index contributed by atoms with van der Waals surface area (Å²) in [6.45, 7) is 1.47. The number of nitrogens with one attached hydrogen (secondary N) is 1. The van der Waals surface area contributed by atoms with Crippen LogP contribution < -0.4 is 5.32 Å². The Hall–Kier alpha value is -1.14. The zero-order valence-electron chi connectivity index (χ0n) is 8.28. The molecule has 1 amide bonds. The number of hydrogen-bond acceptors (Lipinski definition) is 4. The average molecular weight is 205 g/mol. The molecule has 1 unspecified atom stereocenters. The van der Waals surface area contributed by atoms with Crippen LogP contribution in [0.15, 0.2) is 0 Å². The molecule has 0 aliphatic carbocycles. The number of carboxylic acids is 1. The molecule has 0 aromatic carbocycles. The minimum Gasteiger partial charge on any atom is -0.480 e. The predicted molar refractivity (Wildman–Crippen MR) is 47.9 cm³/mol. The minimum atomic E-state index is -1.09.